The molecule has 3 rings (SSSR count). The highest BCUT2D eigenvalue weighted by molar-refractivity contribution is 5.77. The minimum absolute atomic E-state index is 0.587. The molecule has 0 aliphatic carbocycles. The van der Waals surface area contributed by atoms with Crippen LogP contribution >= 0.6 is 0 Å². The van der Waals surface area contributed by atoms with Crippen molar-refractivity contribution in [2.45, 2.75) is 0 Å². The molecule has 0 spiro atoms. The van der Waals surface area contributed by atoms with Gasteiger partial charge in [-0.3, -0.25) is 0 Å². The number of nitrogens with zero attached hydrogens (tertiary/aromatic N) is 1. The van der Waals surface area contributed by atoms with Crippen LogP contribution in [0, 0.1) is 0 Å². The number of benzene rings is 2. The second kappa shape index (κ2) is 3.94. The maximum atomic E-state index is 5.71. The Morgan fingerprint density at radius 2 is 1.76 bits per heavy atom. The Labute approximate surface area is 98.7 Å². The smallest absolute Gasteiger partial charge is 0.231 e. The van der Waals surface area contributed by atoms with E-state index in [4.69, 9.17) is 9.15 Å². The van der Waals surface area contributed by atoms with Crippen molar-refractivity contribution in [1.82, 2.24) is 4.98 Å². The number of rotatable bonds is 2. The molecule has 3 aromatic rings. The number of fused-ring (bicyclic) bond motifs is 1. The van der Waals surface area contributed by atoms with Crippen molar-refractivity contribution in [3.63, 3.8) is 0 Å². The van der Waals surface area contributed by atoms with Crippen molar-refractivity contribution in [2.24, 2.45) is 0 Å². The number of methoxy groups -OCH3 is 1. The van der Waals surface area contributed by atoms with Crippen molar-refractivity contribution in [3.05, 3.63) is 48.5 Å². The van der Waals surface area contributed by atoms with E-state index in [1.807, 2.05) is 48.5 Å². The van der Waals surface area contributed by atoms with Crippen LogP contribution in [0.1, 0.15) is 0 Å². The van der Waals surface area contributed by atoms with Gasteiger partial charge in [0, 0.05) is 0 Å². The van der Waals surface area contributed by atoms with Crippen LogP contribution < -0.4 is 4.74 Å². The Bertz CT molecular complexity index is 625. The summed E-state index contributed by atoms with van der Waals surface area (Å²) in [6, 6.07) is 15.4. The highest BCUT2D eigenvalue weighted by atomic mass is 16.5. The molecule has 0 bridgehead atoms. The molecule has 0 aliphatic heterocycles. The Hall–Kier alpha value is -2.29. The van der Waals surface area contributed by atoms with Crippen LogP contribution in [0.3, 0.4) is 0 Å². The molecule has 0 N–H and O–H groups in total. The van der Waals surface area contributed by atoms with Crippen LogP contribution in [0.2, 0.25) is 0 Å². The van der Waals surface area contributed by atoms with Crippen LogP contribution in [0.5, 0.6) is 5.75 Å². The van der Waals surface area contributed by atoms with Gasteiger partial charge < -0.3 is 9.15 Å². The second-order valence-electron chi connectivity index (χ2n) is 3.69. The number of para-hydroxylation sites is 3. The molecule has 84 valence electrons. The molecule has 0 fully saturated rings. The van der Waals surface area contributed by atoms with Crippen molar-refractivity contribution >= 4 is 11.1 Å². The summed E-state index contributed by atoms with van der Waals surface area (Å²) in [5, 5.41) is 0. The lowest BCUT2D eigenvalue weighted by atomic mass is 10.2. The molecule has 3 nitrogen and oxygen atoms in total. The van der Waals surface area contributed by atoms with Gasteiger partial charge in [0.2, 0.25) is 5.89 Å². The molecule has 0 unspecified atom stereocenters. The third kappa shape index (κ3) is 1.65. The predicted molar refractivity (Wildman–Crippen MR) is 66.0 cm³/mol. The lowest BCUT2D eigenvalue weighted by Crippen LogP contribution is -1.86. The molecule has 3 heteroatoms. The molecular formula is C14H11NO2. The van der Waals surface area contributed by atoms with E-state index >= 15 is 0 Å². The van der Waals surface area contributed by atoms with Crippen molar-refractivity contribution in [3.8, 4) is 17.2 Å². The Balaban J connectivity index is 2.20. The number of hydrogen-bond donors (Lipinski definition) is 0. The van der Waals surface area contributed by atoms with Crippen LogP contribution in [0.25, 0.3) is 22.6 Å². The summed E-state index contributed by atoms with van der Waals surface area (Å²) in [6.45, 7) is 0. The maximum Gasteiger partial charge on any atom is 0.231 e. The Kier molecular flexibility index (Phi) is 2.29. The van der Waals surface area contributed by atoms with E-state index in [9.17, 15) is 0 Å². The van der Waals surface area contributed by atoms with Gasteiger partial charge in [0.1, 0.15) is 11.3 Å². The third-order valence-electron chi connectivity index (χ3n) is 2.63. The molecule has 0 amide bonds. The summed E-state index contributed by atoms with van der Waals surface area (Å²) >= 11 is 0. The van der Waals surface area contributed by atoms with Crippen molar-refractivity contribution in [1.29, 1.82) is 0 Å². The number of oxazole rings is 1. The zero-order valence-corrected chi connectivity index (χ0v) is 9.38. The molecule has 2 aromatic carbocycles. The predicted octanol–water partition coefficient (Wildman–Crippen LogP) is 3.50. The van der Waals surface area contributed by atoms with Gasteiger partial charge in [-0.05, 0) is 24.3 Å². The molecule has 1 aromatic heterocycles. The first kappa shape index (κ1) is 9.90. The molecule has 0 saturated carbocycles. The molecule has 1 heterocycles. The summed E-state index contributed by atoms with van der Waals surface area (Å²) in [4.78, 5) is 4.44. The van der Waals surface area contributed by atoms with Gasteiger partial charge >= 0.3 is 0 Å². The molecule has 17 heavy (non-hydrogen) atoms. The molecule has 0 atom stereocenters. The number of ether oxygens (including phenoxy) is 1. The number of aromatic nitrogens is 1. The molecule has 0 saturated heterocycles. The fourth-order valence-corrected chi connectivity index (χ4v) is 1.81. The van der Waals surface area contributed by atoms with Gasteiger partial charge in [0.25, 0.3) is 0 Å². The van der Waals surface area contributed by atoms with E-state index < -0.39 is 0 Å². The monoisotopic (exact) mass is 225 g/mol. The summed E-state index contributed by atoms with van der Waals surface area (Å²) < 4.78 is 11.0. The third-order valence-corrected chi connectivity index (χ3v) is 2.63. The zero-order chi connectivity index (χ0) is 11.7. The van der Waals surface area contributed by atoms with Gasteiger partial charge in [0.05, 0.1) is 12.7 Å². The van der Waals surface area contributed by atoms with E-state index in [1.54, 1.807) is 7.11 Å². The quantitative estimate of drug-likeness (QED) is 0.669. The van der Waals surface area contributed by atoms with Gasteiger partial charge in [-0.2, -0.15) is 0 Å². The number of hydrogen-bond acceptors (Lipinski definition) is 3. The van der Waals surface area contributed by atoms with E-state index in [2.05, 4.69) is 4.98 Å². The van der Waals surface area contributed by atoms with E-state index in [0.29, 0.717) is 5.89 Å². The fraction of sp³-hybridized carbons (Fsp3) is 0.0714. The van der Waals surface area contributed by atoms with Crippen LogP contribution in [-0.2, 0) is 0 Å². The Morgan fingerprint density at radius 1 is 1.00 bits per heavy atom. The van der Waals surface area contributed by atoms with Crippen LogP contribution in [0.4, 0.5) is 0 Å². The first-order valence-electron chi connectivity index (χ1n) is 5.37. The van der Waals surface area contributed by atoms with Crippen molar-refractivity contribution in [2.75, 3.05) is 7.11 Å². The van der Waals surface area contributed by atoms with Crippen molar-refractivity contribution < 1.29 is 9.15 Å². The highest BCUT2D eigenvalue weighted by Crippen LogP contribution is 2.30. The lowest BCUT2D eigenvalue weighted by molar-refractivity contribution is 0.414. The minimum atomic E-state index is 0.587. The fourth-order valence-electron chi connectivity index (χ4n) is 1.81. The van der Waals surface area contributed by atoms with Gasteiger partial charge in [0.15, 0.2) is 5.58 Å². The molecular weight excluding hydrogens is 214 g/mol. The standard InChI is InChI=1S/C14H11NO2/c1-16-12-8-4-2-6-10(12)14-15-11-7-3-5-9-13(11)17-14/h2-9H,1H3. The topological polar surface area (TPSA) is 35.3 Å². The lowest BCUT2D eigenvalue weighted by Gasteiger charge is -2.03. The average molecular weight is 225 g/mol. The molecule has 0 aliphatic rings. The summed E-state index contributed by atoms with van der Waals surface area (Å²) in [6.07, 6.45) is 0. The normalized spacial score (nSPS) is 10.6. The SMILES string of the molecule is COc1ccccc1-c1nc2ccccc2o1. The second-order valence-corrected chi connectivity index (χ2v) is 3.69. The highest BCUT2D eigenvalue weighted by Gasteiger charge is 2.11. The van der Waals surface area contributed by atoms with E-state index in [1.165, 1.54) is 0 Å². The summed E-state index contributed by atoms with van der Waals surface area (Å²) in [7, 11) is 1.64. The first-order chi connectivity index (χ1) is 8.38. The summed E-state index contributed by atoms with van der Waals surface area (Å²) in [5.41, 5.74) is 2.51. The largest absolute Gasteiger partial charge is 0.496 e. The van der Waals surface area contributed by atoms with E-state index in [-0.39, 0.29) is 0 Å². The van der Waals surface area contributed by atoms with Gasteiger partial charge in [-0.15, -0.1) is 0 Å². The van der Waals surface area contributed by atoms with Crippen LogP contribution in [0.15, 0.2) is 52.9 Å². The Morgan fingerprint density at radius 3 is 2.59 bits per heavy atom. The van der Waals surface area contributed by atoms with Gasteiger partial charge in [-0.1, -0.05) is 24.3 Å². The van der Waals surface area contributed by atoms with Crippen LogP contribution in [-0.4, -0.2) is 12.1 Å². The maximum absolute atomic E-state index is 5.71. The summed E-state index contributed by atoms with van der Waals surface area (Å²) in [5.74, 6) is 1.35. The zero-order valence-electron chi connectivity index (χ0n) is 9.38. The average Bonchev–Trinajstić information content (AvgIpc) is 2.82. The van der Waals surface area contributed by atoms with Gasteiger partial charge in [-0.25, -0.2) is 4.98 Å². The van der Waals surface area contributed by atoms with E-state index in [0.717, 1.165) is 22.4 Å². The first-order valence-corrected chi connectivity index (χ1v) is 5.37. The minimum Gasteiger partial charge on any atom is -0.496 e. The molecule has 0 radical (unpaired) electrons.